The predicted molar refractivity (Wildman–Crippen MR) is 114 cm³/mol. The Balaban J connectivity index is 2.03. The minimum absolute atomic E-state index is 0.236. The molecule has 2 unspecified atom stereocenters. The second-order valence-electron chi connectivity index (χ2n) is 6.84. The quantitative estimate of drug-likeness (QED) is 0.500. The SMILES string of the molecule is CCNC(=NCC(c1ccsc1)N(CC)CC)NC1CCN(C(=O)CC)C1. The molecule has 2 heterocycles. The molecule has 1 aromatic heterocycles. The molecule has 0 spiro atoms. The van der Waals surface area contributed by atoms with Crippen molar-refractivity contribution in [2.75, 3.05) is 39.3 Å². The van der Waals surface area contributed by atoms with Gasteiger partial charge in [0.05, 0.1) is 12.6 Å². The fraction of sp³-hybridized carbons (Fsp3) is 0.700. The third-order valence-electron chi connectivity index (χ3n) is 5.13. The lowest BCUT2D eigenvalue weighted by Crippen LogP contribution is -2.45. The van der Waals surface area contributed by atoms with Crippen molar-refractivity contribution in [3.05, 3.63) is 22.4 Å². The summed E-state index contributed by atoms with van der Waals surface area (Å²) in [6, 6.07) is 2.77. The van der Waals surface area contributed by atoms with E-state index in [0.717, 1.165) is 51.6 Å². The first kappa shape index (κ1) is 21.7. The molecule has 152 valence electrons. The van der Waals surface area contributed by atoms with Gasteiger partial charge < -0.3 is 15.5 Å². The third kappa shape index (κ3) is 6.21. The number of hydrogen-bond acceptors (Lipinski definition) is 4. The molecule has 2 N–H and O–H groups in total. The molecular weight excluding hydrogens is 358 g/mol. The van der Waals surface area contributed by atoms with Crippen LogP contribution in [0.2, 0.25) is 0 Å². The van der Waals surface area contributed by atoms with Crippen LogP contribution in [-0.4, -0.2) is 67.0 Å². The van der Waals surface area contributed by atoms with Gasteiger partial charge in [-0.3, -0.25) is 14.7 Å². The Labute approximate surface area is 168 Å². The van der Waals surface area contributed by atoms with Crippen LogP contribution < -0.4 is 10.6 Å². The zero-order chi connectivity index (χ0) is 19.6. The molecule has 1 amide bonds. The van der Waals surface area contributed by atoms with Crippen molar-refractivity contribution >= 4 is 23.2 Å². The smallest absolute Gasteiger partial charge is 0.222 e. The van der Waals surface area contributed by atoms with Crippen LogP contribution in [0.3, 0.4) is 0 Å². The summed E-state index contributed by atoms with van der Waals surface area (Å²) in [7, 11) is 0. The summed E-state index contributed by atoms with van der Waals surface area (Å²) >= 11 is 1.74. The Hall–Kier alpha value is -1.60. The molecule has 2 atom stereocenters. The third-order valence-corrected chi connectivity index (χ3v) is 5.83. The van der Waals surface area contributed by atoms with Crippen LogP contribution in [0.1, 0.15) is 52.1 Å². The van der Waals surface area contributed by atoms with Crippen molar-refractivity contribution in [3.63, 3.8) is 0 Å². The van der Waals surface area contributed by atoms with Crippen LogP contribution >= 0.6 is 11.3 Å². The lowest BCUT2D eigenvalue weighted by atomic mass is 10.1. The molecule has 1 aliphatic heterocycles. The summed E-state index contributed by atoms with van der Waals surface area (Å²) in [5.41, 5.74) is 1.34. The molecule has 0 radical (unpaired) electrons. The van der Waals surface area contributed by atoms with E-state index >= 15 is 0 Å². The molecule has 1 saturated heterocycles. The van der Waals surface area contributed by atoms with E-state index in [9.17, 15) is 4.79 Å². The van der Waals surface area contributed by atoms with Crippen molar-refractivity contribution in [1.29, 1.82) is 0 Å². The fourth-order valence-electron chi connectivity index (χ4n) is 3.58. The number of guanidine groups is 1. The number of carbonyl (C=O) groups is 1. The summed E-state index contributed by atoms with van der Waals surface area (Å²) in [6.45, 7) is 13.6. The van der Waals surface area contributed by atoms with Gasteiger partial charge in [0.25, 0.3) is 0 Å². The largest absolute Gasteiger partial charge is 0.357 e. The van der Waals surface area contributed by atoms with E-state index in [-0.39, 0.29) is 11.9 Å². The molecule has 6 nitrogen and oxygen atoms in total. The number of nitrogens with one attached hydrogen (secondary N) is 2. The van der Waals surface area contributed by atoms with Gasteiger partial charge in [-0.2, -0.15) is 11.3 Å². The highest BCUT2D eigenvalue weighted by Gasteiger charge is 2.26. The van der Waals surface area contributed by atoms with E-state index < -0.39 is 0 Å². The first-order valence-corrected chi connectivity index (χ1v) is 11.2. The Morgan fingerprint density at radius 2 is 2.15 bits per heavy atom. The highest BCUT2D eigenvalue weighted by atomic mass is 32.1. The van der Waals surface area contributed by atoms with Crippen LogP contribution in [0.5, 0.6) is 0 Å². The molecule has 27 heavy (non-hydrogen) atoms. The Kier molecular flexibility index (Phi) is 9.07. The van der Waals surface area contributed by atoms with Crippen LogP contribution in [0.4, 0.5) is 0 Å². The minimum atomic E-state index is 0.236. The summed E-state index contributed by atoms with van der Waals surface area (Å²) in [4.78, 5) is 21.2. The Bertz CT molecular complexity index is 585. The van der Waals surface area contributed by atoms with Gasteiger partial charge in [-0.05, 0) is 48.8 Å². The van der Waals surface area contributed by atoms with E-state index in [1.807, 2.05) is 11.8 Å². The van der Waals surface area contributed by atoms with Gasteiger partial charge >= 0.3 is 0 Å². The highest BCUT2D eigenvalue weighted by Crippen LogP contribution is 2.23. The summed E-state index contributed by atoms with van der Waals surface area (Å²) in [6.07, 6.45) is 1.55. The average molecular weight is 394 g/mol. The lowest BCUT2D eigenvalue weighted by molar-refractivity contribution is -0.129. The van der Waals surface area contributed by atoms with Crippen molar-refractivity contribution in [2.24, 2.45) is 4.99 Å². The van der Waals surface area contributed by atoms with Gasteiger partial charge in [-0.25, -0.2) is 0 Å². The molecule has 7 heteroatoms. The fourth-order valence-corrected chi connectivity index (χ4v) is 4.29. The Morgan fingerprint density at radius 3 is 2.74 bits per heavy atom. The van der Waals surface area contributed by atoms with Crippen molar-refractivity contribution in [2.45, 2.75) is 52.6 Å². The maximum atomic E-state index is 11.9. The second kappa shape index (κ2) is 11.3. The minimum Gasteiger partial charge on any atom is -0.357 e. The molecule has 1 fully saturated rings. The van der Waals surface area contributed by atoms with Crippen LogP contribution in [0, 0.1) is 0 Å². The van der Waals surface area contributed by atoms with Crippen molar-refractivity contribution in [1.82, 2.24) is 20.4 Å². The monoisotopic (exact) mass is 393 g/mol. The van der Waals surface area contributed by atoms with Gasteiger partial charge in [0.1, 0.15) is 0 Å². The van der Waals surface area contributed by atoms with Crippen LogP contribution in [-0.2, 0) is 4.79 Å². The number of thiophene rings is 1. The first-order chi connectivity index (χ1) is 13.1. The van der Waals surface area contributed by atoms with Gasteiger partial charge in [0.2, 0.25) is 5.91 Å². The van der Waals surface area contributed by atoms with E-state index in [1.54, 1.807) is 11.3 Å². The number of likely N-dealkylation sites (N-methyl/N-ethyl adjacent to an activating group) is 1. The van der Waals surface area contributed by atoms with E-state index in [0.29, 0.717) is 12.5 Å². The van der Waals surface area contributed by atoms with Gasteiger partial charge in [0.15, 0.2) is 5.96 Å². The number of aliphatic imine (C=N–C) groups is 1. The molecular formula is C20H35N5OS. The van der Waals surface area contributed by atoms with E-state index in [2.05, 4.69) is 53.1 Å². The summed E-state index contributed by atoms with van der Waals surface area (Å²) in [5.74, 6) is 1.08. The summed E-state index contributed by atoms with van der Waals surface area (Å²) in [5, 5.41) is 11.3. The standard InChI is InChI=1S/C20H35N5OS/c1-5-19(26)25-11-9-17(14-25)23-20(21-6-2)22-13-18(24(7-3)8-4)16-10-12-27-15-16/h10,12,15,17-18H,5-9,11,13-14H2,1-4H3,(H2,21,22,23). The number of nitrogens with zero attached hydrogens (tertiary/aromatic N) is 3. The number of hydrogen-bond donors (Lipinski definition) is 2. The van der Waals surface area contributed by atoms with Gasteiger partial charge in [-0.15, -0.1) is 0 Å². The maximum absolute atomic E-state index is 11.9. The number of rotatable bonds is 9. The molecule has 0 saturated carbocycles. The molecule has 0 aliphatic carbocycles. The summed E-state index contributed by atoms with van der Waals surface area (Å²) < 4.78 is 0. The maximum Gasteiger partial charge on any atom is 0.222 e. The van der Waals surface area contributed by atoms with Gasteiger partial charge in [0, 0.05) is 32.1 Å². The molecule has 2 rings (SSSR count). The number of likely N-dealkylation sites (tertiary alicyclic amines) is 1. The van der Waals surface area contributed by atoms with Crippen LogP contribution in [0.15, 0.2) is 21.8 Å². The molecule has 1 aliphatic rings. The van der Waals surface area contributed by atoms with Crippen LogP contribution in [0.25, 0.3) is 0 Å². The number of carbonyl (C=O) groups excluding carboxylic acids is 1. The first-order valence-electron chi connectivity index (χ1n) is 10.2. The number of amides is 1. The molecule has 0 bridgehead atoms. The lowest BCUT2D eigenvalue weighted by Gasteiger charge is -2.28. The van der Waals surface area contributed by atoms with Crippen molar-refractivity contribution < 1.29 is 4.79 Å². The van der Waals surface area contributed by atoms with E-state index in [1.165, 1.54) is 5.56 Å². The second-order valence-corrected chi connectivity index (χ2v) is 7.62. The predicted octanol–water partition coefficient (Wildman–Crippen LogP) is 2.70. The average Bonchev–Trinajstić information content (AvgIpc) is 3.36. The van der Waals surface area contributed by atoms with Crippen molar-refractivity contribution in [3.8, 4) is 0 Å². The van der Waals surface area contributed by atoms with Gasteiger partial charge in [-0.1, -0.05) is 20.8 Å². The zero-order valence-corrected chi connectivity index (χ0v) is 18.0. The zero-order valence-electron chi connectivity index (χ0n) is 17.2. The topological polar surface area (TPSA) is 60.0 Å². The Morgan fingerprint density at radius 1 is 1.37 bits per heavy atom. The van der Waals surface area contributed by atoms with E-state index in [4.69, 9.17) is 4.99 Å². The molecule has 1 aromatic rings. The molecule has 0 aromatic carbocycles. The normalized spacial score (nSPS) is 18.8. The highest BCUT2D eigenvalue weighted by molar-refractivity contribution is 7.07.